The number of carbonyl (C=O) groups is 3. The topological polar surface area (TPSA) is 108 Å². The molecule has 1 unspecified atom stereocenters. The summed E-state index contributed by atoms with van der Waals surface area (Å²) in [7, 11) is 0. The Hall–Kier alpha value is -1.79. The standard InChI is InChI=1S/C10H19N3O4/c1-6(2)13-8(14)5-12-10(17)11-4-7(3)9(15)16/h6-7H,4-5H2,1-3H3,(H,13,14)(H,15,16)(H2,11,12,17). The highest BCUT2D eigenvalue weighted by Gasteiger charge is 2.12. The first-order chi connectivity index (χ1) is 7.82. The molecule has 4 N–H and O–H groups in total. The van der Waals surface area contributed by atoms with Gasteiger partial charge in [0.05, 0.1) is 12.5 Å². The molecule has 0 fully saturated rings. The van der Waals surface area contributed by atoms with Crippen molar-refractivity contribution >= 4 is 17.9 Å². The predicted molar refractivity (Wildman–Crippen MR) is 61.5 cm³/mol. The molecule has 0 saturated carbocycles. The van der Waals surface area contributed by atoms with Crippen molar-refractivity contribution < 1.29 is 19.5 Å². The van der Waals surface area contributed by atoms with Gasteiger partial charge in [-0.3, -0.25) is 9.59 Å². The van der Waals surface area contributed by atoms with E-state index < -0.39 is 17.9 Å². The van der Waals surface area contributed by atoms with Gasteiger partial charge in [-0.2, -0.15) is 0 Å². The zero-order valence-electron chi connectivity index (χ0n) is 10.2. The summed E-state index contributed by atoms with van der Waals surface area (Å²) < 4.78 is 0. The molecule has 7 heteroatoms. The molecular formula is C10H19N3O4. The van der Waals surface area contributed by atoms with Crippen molar-refractivity contribution in [3.05, 3.63) is 0 Å². The molecule has 17 heavy (non-hydrogen) atoms. The van der Waals surface area contributed by atoms with Crippen LogP contribution in [-0.2, 0) is 9.59 Å². The molecule has 1 atom stereocenters. The van der Waals surface area contributed by atoms with Crippen LogP contribution >= 0.6 is 0 Å². The summed E-state index contributed by atoms with van der Waals surface area (Å²) >= 11 is 0. The van der Waals surface area contributed by atoms with Gasteiger partial charge < -0.3 is 21.1 Å². The Kier molecular flexibility index (Phi) is 6.69. The molecule has 0 spiro atoms. The van der Waals surface area contributed by atoms with E-state index in [-0.39, 0.29) is 25.0 Å². The lowest BCUT2D eigenvalue weighted by Crippen LogP contribution is -2.45. The van der Waals surface area contributed by atoms with E-state index in [0.29, 0.717) is 0 Å². The van der Waals surface area contributed by atoms with Gasteiger partial charge in [-0.25, -0.2) is 4.79 Å². The Morgan fingerprint density at radius 2 is 1.71 bits per heavy atom. The second-order valence-electron chi connectivity index (χ2n) is 4.03. The third-order valence-electron chi connectivity index (χ3n) is 1.85. The van der Waals surface area contributed by atoms with Crippen LogP contribution in [0.1, 0.15) is 20.8 Å². The fraction of sp³-hybridized carbons (Fsp3) is 0.700. The van der Waals surface area contributed by atoms with Crippen LogP contribution in [-0.4, -0.2) is 42.1 Å². The van der Waals surface area contributed by atoms with Gasteiger partial charge in [0, 0.05) is 12.6 Å². The predicted octanol–water partition coefficient (Wildman–Crippen LogP) is -0.469. The minimum absolute atomic E-state index is 0.0133. The van der Waals surface area contributed by atoms with Crippen LogP contribution in [0.5, 0.6) is 0 Å². The Balaban J connectivity index is 3.73. The first-order valence-corrected chi connectivity index (χ1v) is 5.36. The molecule has 0 aromatic carbocycles. The molecule has 0 bridgehead atoms. The van der Waals surface area contributed by atoms with Crippen LogP contribution in [0.2, 0.25) is 0 Å². The molecule has 3 amide bonds. The van der Waals surface area contributed by atoms with Crippen molar-refractivity contribution in [1.82, 2.24) is 16.0 Å². The number of rotatable bonds is 6. The summed E-state index contributed by atoms with van der Waals surface area (Å²) in [5.41, 5.74) is 0. The maximum Gasteiger partial charge on any atom is 0.315 e. The fourth-order valence-corrected chi connectivity index (χ4v) is 0.929. The molecule has 0 rings (SSSR count). The van der Waals surface area contributed by atoms with Gasteiger partial charge in [0.1, 0.15) is 0 Å². The Morgan fingerprint density at radius 3 is 2.18 bits per heavy atom. The molecule has 0 saturated heterocycles. The lowest BCUT2D eigenvalue weighted by atomic mass is 10.2. The summed E-state index contributed by atoms with van der Waals surface area (Å²) in [5, 5.41) is 15.9. The van der Waals surface area contributed by atoms with Crippen molar-refractivity contribution in [2.45, 2.75) is 26.8 Å². The van der Waals surface area contributed by atoms with Gasteiger partial charge in [-0.1, -0.05) is 6.92 Å². The van der Waals surface area contributed by atoms with Crippen molar-refractivity contribution in [1.29, 1.82) is 0 Å². The highest BCUT2D eigenvalue weighted by atomic mass is 16.4. The number of aliphatic carboxylic acids is 1. The number of carboxylic acid groups (broad SMARTS) is 1. The third kappa shape index (κ3) is 8.06. The molecule has 0 heterocycles. The van der Waals surface area contributed by atoms with E-state index in [1.165, 1.54) is 6.92 Å². The Labute approximate surface area is 100.0 Å². The summed E-state index contributed by atoms with van der Waals surface area (Å²) in [5.74, 6) is -1.94. The lowest BCUT2D eigenvalue weighted by molar-refractivity contribution is -0.140. The first-order valence-electron chi connectivity index (χ1n) is 5.36. The zero-order chi connectivity index (χ0) is 13.4. The maximum absolute atomic E-state index is 11.2. The number of carbonyl (C=O) groups excluding carboxylic acids is 2. The SMILES string of the molecule is CC(C)NC(=O)CNC(=O)NCC(C)C(=O)O. The maximum atomic E-state index is 11.2. The van der Waals surface area contributed by atoms with Crippen molar-refractivity contribution in [2.75, 3.05) is 13.1 Å². The van der Waals surface area contributed by atoms with Gasteiger partial charge in [-0.05, 0) is 13.8 Å². The van der Waals surface area contributed by atoms with E-state index in [1.54, 1.807) is 0 Å². The molecule has 0 aromatic heterocycles. The van der Waals surface area contributed by atoms with Crippen molar-refractivity contribution in [2.24, 2.45) is 5.92 Å². The van der Waals surface area contributed by atoms with Gasteiger partial charge in [0.15, 0.2) is 0 Å². The first kappa shape index (κ1) is 15.2. The fourth-order valence-electron chi connectivity index (χ4n) is 0.929. The van der Waals surface area contributed by atoms with Crippen LogP contribution in [0.3, 0.4) is 0 Å². The molecule has 0 aliphatic rings. The zero-order valence-corrected chi connectivity index (χ0v) is 10.2. The van der Waals surface area contributed by atoms with Crippen LogP contribution in [0.4, 0.5) is 4.79 Å². The molecule has 0 radical (unpaired) electrons. The lowest BCUT2D eigenvalue weighted by Gasteiger charge is -2.11. The van der Waals surface area contributed by atoms with Gasteiger partial charge in [0.2, 0.25) is 5.91 Å². The van der Waals surface area contributed by atoms with E-state index in [0.717, 1.165) is 0 Å². The van der Waals surface area contributed by atoms with Gasteiger partial charge >= 0.3 is 12.0 Å². The average molecular weight is 245 g/mol. The summed E-state index contributed by atoms with van der Waals surface area (Å²) in [6.07, 6.45) is 0. The number of urea groups is 1. The number of carboxylic acids is 1. The number of amides is 3. The number of hydrogen-bond donors (Lipinski definition) is 4. The van der Waals surface area contributed by atoms with Crippen LogP contribution in [0.25, 0.3) is 0 Å². The highest BCUT2D eigenvalue weighted by molar-refractivity contribution is 5.84. The van der Waals surface area contributed by atoms with E-state index in [1.807, 2.05) is 13.8 Å². The highest BCUT2D eigenvalue weighted by Crippen LogP contribution is 1.90. The normalized spacial score (nSPS) is 11.8. The molecule has 98 valence electrons. The summed E-state index contributed by atoms with van der Waals surface area (Å²) in [6, 6.07) is -0.545. The third-order valence-corrected chi connectivity index (χ3v) is 1.85. The molecular weight excluding hydrogens is 226 g/mol. The quantitative estimate of drug-likeness (QED) is 0.507. The molecule has 0 aromatic rings. The van der Waals surface area contributed by atoms with E-state index >= 15 is 0 Å². The summed E-state index contributed by atoms with van der Waals surface area (Å²) in [4.78, 5) is 32.8. The minimum Gasteiger partial charge on any atom is -0.481 e. The van der Waals surface area contributed by atoms with Crippen LogP contribution in [0, 0.1) is 5.92 Å². The van der Waals surface area contributed by atoms with Crippen molar-refractivity contribution in [3.8, 4) is 0 Å². The van der Waals surface area contributed by atoms with Crippen LogP contribution in [0.15, 0.2) is 0 Å². The van der Waals surface area contributed by atoms with Crippen LogP contribution < -0.4 is 16.0 Å². The van der Waals surface area contributed by atoms with E-state index in [2.05, 4.69) is 16.0 Å². The second-order valence-corrected chi connectivity index (χ2v) is 4.03. The Bertz CT molecular complexity index is 291. The number of nitrogens with one attached hydrogen (secondary N) is 3. The summed E-state index contributed by atoms with van der Waals surface area (Å²) in [6.45, 7) is 4.99. The molecule has 0 aliphatic heterocycles. The second kappa shape index (κ2) is 7.48. The number of hydrogen-bond acceptors (Lipinski definition) is 3. The molecule has 7 nitrogen and oxygen atoms in total. The monoisotopic (exact) mass is 245 g/mol. The largest absolute Gasteiger partial charge is 0.481 e. The van der Waals surface area contributed by atoms with E-state index in [9.17, 15) is 14.4 Å². The van der Waals surface area contributed by atoms with E-state index in [4.69, 9.17) is 5.11 Å². The van der Waals surface area contributed by atoms with Gasteiger partial charge in [0.25, 0.3) is 0 Å². The van der Waals surface area contributed by atoms with Crippen molar-refractivity contribution in [3.63, 3.8) is 0 Å². The molecule has 0 aliphatic carbocycles. The Morgan fingerprint density at radius 1 is 1.12 bits per heavy atom. The smallest absolute Gasteiger partial charge is 0.315 e. The average Bonchev–Trinajstić information content (AvgIpc) is 2.21. The van der Waals surface area contributed by atoms with Gasteiger partial charge in [-0.15, -0.1) is 0 Å². The minimum atomic E-state index is -0.983.